The van der Waals surface area contributed by atoms with E-state index in [-0.39, 0.29) is 5.60 Å². The summed E-state index contributed by atoms with van der Waals surface area (Å²) in [7, 11) is 4.26. The average Bonchev–Trinajstić information content (AvgIpc) is 3.00. The number of hydrogen-bond acceptors (Lipinski definition) is 6. The zero-order valence-electron chi connectivity index (χ0n) is 13.0. The van der Waals surface area contributed by atoms with Crippen LogP contribution in [0.5, 0.6) is 0 Å². The lowest BCUT2D eigenvalue weighted by molar-refractivity contribution is -0.0563. The minimum Gasteiger partial charge on any atom is -0.377 e. The van der Waals surface area contributed by atoms with Gasteiger partial charge in [-0.05, 0) is 26.4 Å². The molecule has 2 atom stereocenters. The van der Waals surface area contributed by atoms with Gasteiger partial charge >= 0.3 is 0 Å². The number of ether oxygens (including phenoxy) is 2. The third kappa shape index (κ3) is 4.02. The van der Waals surface area contributed by atoms with Gasteiger partial charge in [0.05, 0.1) is 26.4 Å². The molecule has 118 valence electrons. The molecule has 1 aromatic rings. The molecule has 6 heteroatoms. The van der Waals surface area contributed by atoms with Crippen LogP contribution in [0, 0.1) is 5.92 Å². The van der Waals surface area contributed by atoms with Gasteiger partial charge in [-0.1, -0.05) is 0 Å². The summed E-state index contributed by atoms with van der Waals surface area (Å²) in [5.41, 5.74) is -0.117. The molecule has 0 radical (unpaired) electrons. The number of aromatic nitrogens is 1. The van der Waals surface area contributed by atoms with E-state index in [1.807, 2.05) is 11.6 Å². The molecule has 3 rings (SSSR count). The molecule has 2 saturated heterocycles. The van der Waals surface area contributed by atoms with Crippen LogP contribution < -0.4 is 0 Å². The fourth-order valence-electron chi connectivity index (χ4n) is 3.42. The summed E-state index contributed by atoms with van der Waals surface area (Å²) in [6.07, 6.45) is 2.98. The highest BCUT2D eigenvalue weighted by Gasteiger charge is 2.43. The monoisotopic (exact) mass is 311 g/mol. The Labute approximate surface area is 130 Å². The van der Waals surface area contributed by atoms with Crippen LogP contribution in [0.4, 0.5) is 0 Å². The maximum absolute atomic E-state index is 6.21. The van der Waals surface area contributed by atoms with Crippen LogP contribution in [0.25, 0.3) is 0 Å². The summed E-state index contributed by atoms with van der Waals surface area (Å²) in [4.78, 5) is 9.08. The van der Waals surface area contributed by atoms with Crippen molar-refractivity contribution in [3.05, 3.63) is 16.6 Å². The van der Waals surface area contributed by atoms with E-state index >= 15 is 0 Å². The van der Waals surface area contributed by atoms with Crippen molar-refractivity contribution >= 4 is 11.3 Å². The molecule has 2 aliphatic heterocycles. The molecule has 21 heavy (non-hydrogen) atoms. The second-order valence-corrected chi connectivity index (χ2v) is 7.49. The van der Waals surface area contributed by atoms with Gasteiger partial charge in [-0.25, -0.2) is 4.98 Å². The van der Waals surface area contributed by atoms with E-state index in [0.717, 1.165) is 52.4 Å². The van der Waals surface area contributed by atoms with E-state index < -0.39 is 0 Å². The van der Waals surface area contributed by atoms with Gasteiger partial charge in [-0.2, -0.15) is 0 Å². The van der Waals surface area contributed by atoms with Crippen LogP contribution in [0.15, 0.2) is 11.6 Å². The summed E-state index contributed by atoms with van der Waals surface area (Å²) in [5, 5.41) is 3.22. The van der Waals surface area contributed by atoms with Crippen molar-refractivity contribution in [2.75, 3.05) is 53.6 Å². The molecule has 0 saturated carbocycles. The minimum atomic E-state index is -0.117. The lowest BCUT2D eigenvalue weighted by Crippen LogP contribution is -2.44. The SMILES string of the molecule is CN(C)C[C@@H]1CO[C@]2(COCCN(Cc3nccs3)C2)C1. The molecule has 0 unspecified atom stereocenters. The third-order valence-electron chi connectivity index (χ3n) is 4.18. The fraction of sp³-hybridized carbons (Fsp3) is 0.800. The molecule has 3 heterocycles. The van der Waals surface area contributed by atoms with Gasteiger partial charge in [0.1, 0.15) is 10.6 Å². The Hall–Kier alpha value is -0.530. The number of nitrogens with zero attached hydrogens (tertiary/aromatic N) is 3. The minimum absolute atomic E-state index is 0.117. The van der Waals surface area contributed by atoms with Crippen molar-refractivity contribution < 1.29 is 9.47 Å². The van der Waals surface area contributed by atoms with E-state index in [1.54, 1.807) is 11.3 Å². The van der Waals surface area contributed by atoms with Crippen LogP contribution in [0.2, 0.25) is 0 Å². The zero-order chi connectivity index (χ0) is 14.7. The first-order valence-corrected chi connectivity index (χ1v) is 8.50. The Morgan fingerprint density at radius 2 is 2.43 bits per heavy atom. The fourth-order valence-corrected chi connectivity index (χ4v) is 4.08. The molecule has 2 fully saturated rings. The van der Waals surface area contributed by atoms with Crippen molar-refractivity contribution in [1.29, 1.82) is 0 Å². The number of rotatable bonds is 4. The maximum atomic E-state index is 6.21. The van der Waals surface area contributed by atoms with Crippen LogP contribution in [0.3, 0.4) is 0 Å². The molecule has 1 spiro atoms. The lowest BCUT2D eigenvalue weighted by atomic mass is 9.94. The van der Waals surface area contributed by atoms with E-state index in [0.29, 0.717) is 5.92 Å². The molecule has 2 aliphatic rings. The summed E-state index contributed by atoms with van der Waals surface area (Å²) >= 11 is 1.72. The van der Waals surface area contributed by atoms with Crippen LogP contribution in [-0.4, -0.2) is 73.9 Å². The number of hydrogen-bond donors (Lipinski definition) is 0. The predicted molar refractivity (Wildman–Crippen MR) is 83.6 cm³/mol. The van der Waals surface area contributed by atoms with Crippen LogP contribution in [0.1, 0.15) is 11.4 Å². The van der Waals surface area contributed by atoms with E-state index in [1.165, 1.54) is 5.01 Å². The van der Waals surface area contributed by atoms with Gasteiger partial charge in [-0.3, -0.25) is 4.90 Å². The zero-order valence-corrected chi connectivity index (χ0v) is 13.8. The molecular formula is C15H25N3O2S. The van der Waals surface area contributed by atoms with Crippen molar-refractivity contribution in [3.8, 4) is 0 Å². The second-order valence-electron chi connectivity index (χ2n) is 6.52. The van der Waals surface area contributed by atoms with Crippen molar-refractivity contribution in [2.24, 2.45) is 5.92 Å². The van der Waals surface area contributed by atoms with Gasteiger partial charge in [-0.15, -0.1) is 11.3 Å². The van der Waals surface area contributed by atoms with E-state index in [4.69, 9.17) is 9.47 Å². The molecule has 5 nitrogen and oxygen atoms in total. The molecule has 0 aromatic carbocycles. The Morgan fingerprint density at radius 3 is 3.19 bits per heavy atom. The first kappa shape index (κ1) is 15.4. The second kappa shape index (κ2) is 6.71. The van der Waals surface area contributed by atoms with Crippen molar-refractivity contribution in [3.63, 3.8) is 0 Å². The molecule has 0 N–H and O–H groups in total. The first-order valence-electron chi connectivity index (χ1n) is 7.62. The predicted octanol–water partition coefficient (Wildman–Crippen LogP) is 1.31. The summed E-state index contributed by atoms with van der Waals surface area (Å²) in [6.45, 7) is 6.28. The topological polar surface area (TPSA) is 37.8 Å². The quantitative estimate of drug-likeness (QED) is 0.838. The van der Waals surface area contributed by atoms with Crippen LogP contribution in [-0.2, 0) is 16.0 Å². The maximum Gasteiger partial charge on any atom is 0.107 e. The van der Waals surface area contributed by atoms with Gasteiger partial charge in [0.25, 0.3) is 0 Å². The van der Waals surface area contributed by atoms with Gasteiger partial charge in [0, 0.05) is 31.2 Å². The highest BCUT2D eigenvalue weighted by Crippen LogP contribution is 2.33. The van der Waals surface area contributed by atoms with E-state index in [2.05, 4.69) is 28.9 Å². The highest BCUT2D eigenvalue weighted by atomic mass is 32.1. The number of thiazole rings is 1. The standard InChI is InChI=1S/C15H25N3O2S/c1-17(2)8-13-7-15(20-10-13)11-18(4-5-19-12-15)9-14-16-3-6-21-14/h3,6,13H,4-5,7-12H2,1-2H3/t13-,15-/m1/s1. The summed E-state index contributed by atoms with van der Waals surface area (Å²) < 4.78 is 12.1. The lowest BCUT2D eigenvalue weighted by Gasteiger charge is -2.30. The Bertz CT molecular complexity index is 440. The largest absolute Gasteiger partial charge is 0.377 e. The molecule has 0 aliphatic carbocycles. The molecular weight excluding hydrogens is 286 g/mol. The Kier molecular flexibility index (Phi) is 4.91. The molecule has 0 amide bonds. The van der Waals surface area contributed by atoms with Crippen molar-refractivity contribution in [2.45, 2.75) is 18.6 Å². The summed E-state index contributed by atoms with van der Waals surface area (Å²) in [6, 6.07) is 0. The first-order chi connectivity index (χ1) is 10.2. The Morgan fingerprint density at radius 1 is 1.52 bits per heavy atom. The molecule has 1 aromatic heterocycles. The smallest absolute Gasteiger partial charge is 0.107 e. The van der Waals surface area contributed by atoms with E-state index in [9.17, 15) is 0 Å². The highest BCUT2D eigenvalue weighted by molar-refractivity contribution is 7.09. The van der Waals surface area contributed by atoms with Gasteiger partial charge in [0.2, 0.25) is 0 Å². The van der Waals surface area contributed by atoms with Gasteiger partial charge in [0.15, 0.2) is 0 Å². The van der Waals surface area contributed by atoms with Crippen molar-refractivity contribution in [1.82, 2.24) is 14.8 Å². The normalized spacial score (nSPS) is 31.1. The van der Waals surface area contributed by atoms with Crippen LogP contribution >= 0.6 is 11.3 Å². The molecule has 0 bridgehead atoms. The Balaban J connectivity index is 1.62. The average molecular weight is 311 g/mol. The third-order valence-corrected chi connectivity index (χ3v) is 4.94. The summed E-state index contributed by atoms with van der Waals surface area (Å²) in [5.74, 6) is 0.614. The van der Waals surface area contributed by atoms with Gasteiger partial charge < -0.3 is 14.4 Å².